The molecule has 0 bridgehead atoms. The summed E-state index contributed by atoms with van der Waals surface area (Å²) in [6, 6.07) is 11.4. The molecule has 1 heterocycles. The van der Waals surface area contributed by atoms with E-state index in [0.29, 0.717) is 23.6 Å². The van der Waals surface area contributed by atoms with E-state index in [2.05, 4.69) is 20.3 Å². The molecule has 0 unspecified atom stereocenters. The van der Waals surface area contributed by atoms with Crippen molar-refractivity contribution < 1.29 is 17.9 Å². The van der Waals surface area contributed by atoms with Crippen molar-refractivity contribution in [2.75, 3.05) is 42.4 Å². The Hall–Kier alpha value is -2.78. The fraction of sp³-hybridized carbons (Fsp3) is 0.435. The summed E-state index contributed by atoms with van der Waals surface area (Å²) >= 11 is 0. The zero-order valence-electron chi connectivity index (χ0n) is 18.8. The second-order valence-electron chi connectivity index (χ2n) is 7.76. The van der Waals surface area contributed by atoms with Gasteiger partial charge in [0.25, 0.3) is 15.9 Å². The average molecular weight is 461 g/mol. The van der Waals surface area contributed by atoms with E-state index in [4.69, 9.17) is 4.74 Å². The van der Waals surface area contributed by atoms with E-state index < -0.39 is 10.0 Å². The number of ether oxygens (including phenoxy) is 1. The summed E-state index contributed by atoms with van der Waals surface area (Å²) in [6.45, 7) is 9.54. The first-order valence-electron chi connectivity index (χ1n) is 11.0. The fourth-order valence-corrected chi connectivity index (χ4v) is 4.51. The van der Waals surface area contributed by atoms with Crippen LogP contribution in [0.5, 0.6) is 5.75 Å². The Bertz CT molecular complexity index is 1020. The van der Waals surface area contributed by atoms with Gasteiger partial charge in [-0.25, -0.2) is 8.42 Å². The number of benzene rings is 2. The maximum atomic E-state index is 13.0. The van der Waals surface area contributed by atoms with E-state index in [1.165, 1.54) is 12.1 Å². The molecular weight excluding hydrogens is 428 g/mol. The molecular formula is C23H32N4O4S. The molecule has 0 spiro atoms. The summed E-state index contributed by atoms with van der Waals surface area (Å²) in [5.41, 5.74) is 1.60. The third-order valence-electron chi connectivity index (χ3n) is 5.39. The van der Waals surface area contributed by atoms with Gasteiger partial charge in [0.1, 0.15) is 5.75 Å². The molecule has 3 N–H and O–H groups in total. The number of nitrogens with one attached hydrogen (secondary N) is 3. The second kappa shape index (κ2) is 10.7. The van der Waals surface area contributed by atoms with Gasteiger partial charge in [0.05, 0.1) is 17.1 Å². The third-order valence-corrected chi connectivity index (χ3v) is 6.78. The number of anilines is 2. The molecule has 0 aromatic heterocycles. The highest BCUT2D eigenvalue weighted by Gasteiger charge is 2.22. The molecule has 0 radical (unpaired) electrons. The van der Waals surface area contributed by atoms with Crippen LogP contribution in [-0.4, -0.2) is 53.2 Å². The van der Waals surface area contributed by atoms with Crippen molar-refractivity contribution in [3.05, 3.63) is 48.0 Å². The highest BCUT2D eigenvalue weighted by molar-refractivity contribution is 7.92. The minimum absolute atomic E-state index is 0.0163. The van der Waals surface area contributed by atoms with Crippen LogP contribution in [0.3, 0.4) is 0 Å². The zero-order valence-corrected chi connectivity index (χ0v) is 19.7. The Kier molecular flexibility index (Phi) is 7.98. The topological polar surface area (TPSA) is 99.8 Å². The van der Waals surface area contributed by atoms with Gasteiger partial charge in [-0.05, 0) is 62.7 Å². The summed E-state index contributed by atoms with van der Waals surface area (Å²) < 4.78 is 33.8. The van der Waals surface area contributed by atoms with E-state index >= 15 is 0 Å². The molecule has 9 heteroatoms. The lowest BCUT2D eigenvalue weighted by Crippen LogP contribution is -2.44. The van der Waals surface area contributed by atoms with Crippen molar-refractivity contribution in [2.45, 2.75) is 38.1 Å². The highest BCUT2D eigenvalue weighted by atomic mass is 32.2. The van der Waals surface area contributed by atoms with Crippen molar-refractivity contribution in [1.29, 1.82) is 0 Å². The first-order chi connectivity index (χ1) is 15.3. The molecule has 1 saturated heterocycles. The monoisotopic (exact) mass is 460 g/mol. The summed E-state index contributed by atoms with van der Waals surface area (Å²) in [6.07, 6.45) is 0.804. The molecule has 1 fully saturated rings. The number of amides is 1. The Morgan fingerprint density at radius 2 is 1.81 bits per heavy atom. The lowest BCUT2D eigenvalue weighted by Gasteiger charge is -2.31. The molecule has 2 aromatic carbocycles. The van der Waals surface area contributed by atoms with Crippen molar-refractivity contribution in [2.24, 2.45) is 0 Å². The zero-order chi connectivity index (χ0) is 23.1. The van der Waals surface area contributed by atoms with E-state index in [1.807, 2.05) is 26.8 Å². The molecule has 32 heavy (non-hydrogen) atoms. The predicted octanol–water partition coefficient (Wildman–Crippen LogP) is 2.82. The quantitative estimate of drug-likeness (QED) is 0.532. The Balaban J connectivity index is 1.89. The smallest absolute Gasteiger partial charge is 0.261 e. The fourth-order valence-electron chi connectivity index (χ4n) is 3.46. The van der Waals surface area contributed by atoms with Crippen LogP contribution in [0.1, 0.15) is 37.6 Å². The Labute approximate surface area is 190 Å². The number of rotatable bonds is 9. The molecule has 174 valence electrons. The number of piperazine rings is 1. The first-order valence-corrected chi connectivity index (χ1v) is 12.5. The normalized spacial score (nSPS) is 15.2. The molecule has 1 amide bonds. The van der Waals surface area contributed by atoms with E-state index in [0.717, 1.165) is 38.3 Å². The minimum atomic E-state index is -3.81. The van der Waals surface area contributed by atoms with Crippen molar-refractivity contribution in [1.82, 2.24) is 10.6 Å². The van der Waals surface area contributed by atoms with Crippen LogP contribution in [-0.2, 0) is 10.0 Å². The van der Waals surface area contributed by atoms with Gasteiger partial charge in [0.15, 0.2) is 0 Å². The number of carbonyl (C=O) groups is 1. The van der Waals surface area contributed by atoms with Crippen LogP contribution in [0.15, 0.2) is 47.4 Å². The molecule has 8 nitrogen and oxygen atoms in total. The van der Waals surface area contributed by atoms with Crippen LogP contribution < -0.4 is 25.0 Å². The van der Waals surface area contributed by atoms with Gasteiger partial charge in [0.2, 0.25) is 0 Å². The lowest BCUT2D eigenvalue weighted by molar-refractivity contribution is 0.0939. The van der Waals surface area contributed by atoms with Gasteiger partial charge in [-0.3, -0.25) is 9.52 Å². The van der Waals surface area contributed by atoms with E-state index in [1.54, 1.807) is 24.3 Å². The number of hydrogen-bond donors (Lipinski definition) is 3. The Morgan fingerprint density at radius 1 is 1.12 bits per heavy atom. The largest absolute Gasteiger partial charge is 0.494 e. The Morgan fingerprint density at radius 3 is 2.44 bits per heavy atom. The maximum absolute atomic E-state index is 13.0. The molecule has 1 aliphatic rings. The van der Waals surface area contributed by atoms with Crippen LogP contribution in [0, 0.1) is 0 Å². The lowest BCUT2D eigenvalue weighted by atomic mass is 10.1. The van der Waals surface area contributed by atoms with Gasteiger partial charge >= 0.3 is 0 Å². The third kappa shape index (κ3) is 5.92. The molecule has 3 rings (SSSR count). The molecule has 2 aromatic rings. The van der Waals surface area contributed by atoms with Crippen LogP contribution >= 0.6 is 0 Å². The van der Waals surface area contributed by atoms with Gasteiger partial charge in [-0.2, -0.15) is 0 Å². The number of hydrogen-bond acceptors (Lipinski definition) is 6. The number of sulfonamides is 1. The predicted molar refractivity (Wildman–Crippen MR) is 127 cm³/mol. The molecule has 1 aliphatic heterocycles. The molecule has 0 saturated carbocycles. The maximum Gasteiger partial charge on any atom is 0.261 e. The SMILES string of the molecule is CCOc1ccc(S(=O)(=O)Nc2ccc(N3CCNCC3)c(C(=O)N[C@H](C)CC)c2)cc1. The second-order valence-corrected chi connectivity index (χ2v) is 9.44. The number of carbonyl (C=O) groups excluding carboxylic acids is 1. The van der Waals surface area contributed by atoms with E-state index in [-0.39, 0.29) is 16.8 Å². The van der Waals surface area contributed by atoms with Crippen molar-refractivity contribution >= 4 is 27.3 Å². The molecule has 1 atom stereocenters. The van der Waals surface area contributed by atoms with Crippen LogP contribution in [0.25, 0.3) is 0 Å². The summed E-state index contributed by atoms with van der Waals surface area (Å²) in [5, 5.41) is 6.30. The van der Waals surface area contributed by atoms with Gasteiger partial charge in [0, 0.05) is 43.6 Å². The van der Waals surface area contributed by atoms with Crippen molar-refractivity contribution in [3.8, 4) is 5.75 Å². The van der Waals surface area contributed by atoms with Gasteiger partial charge in [-0.15, -0.1) is 0 Å². The summed E-state index contributed by atoms with van der Waals surface area (Å²) in [4.78, 5) is 15.3. The van der Waals surface area contributed by atoms with Crippen LogP contribution in [0.4, 0.5) is 11.4 Å². The average Bonchev–Trinajstić information content (AvgIpc) is 2.80. The summed E-state index contributed by atoms with van der Waals surface area (Å²) in [5.74, 6) is 0.394. The van der Waals surface area contributed by atoms with E-state index in [9.17, 15) is 13.2 Å². The molecule has 0 aliphatic carbocycles. The van der Waals surface area contributed by atoms with Crippen molar-refractivity contribution in [3.63, 3.8) is 0 Å². The number of nitrogens with zero attached hydrogens (tertiary/aromatic N) is 1. The van der Waals surface area contributed by atoms with Gasteiger partial charge < -0.3 is 20.3 Å². The summed E-state index contributed by atoms with van der Waals surface area (Å²) in [7, 11) is -3.81. The first kappa shape index (κ1) is 23.9. The van der Waals surface area contributed by atoms with Crippen LogP contribution in [0.2, 0.25) is 0 Å². The highest BCUT2D eigenvalue weighted by Crippen LogP contribution is 2.27. The minimum Gasteiger partial charge on any atom is -0.494 e. The standard InChI is InChI=1S/C23H32N4O4S/c1-4-17(3)25-23(28)21-16-18(6-11-22(21)27-14-12-24-13-15-27)26-32(29,30)20-9-7-19(8-10-20)31-5-2/h6-11,16-17,24,26H,4-5,12-15H2,1-3H3,(H,25,28)/t17-/m1/s1. The van der Waals surface area contributed by atoms with Gasteiger partial charge in [-0.1, -0.05) is 6.92 Å².